The third-order valence-electron chi connectivity index (χ3n) is 3.83. The monoisotopic (exact) mass is 349 g/mol. The molecule has 0 amide bonds. The van der Waals surface area contributed by atoms with Crippen molar-refractivity contribution in [3.05, 3.63) is 35.4 Å². The van der Waals surface area contributed by atoms with Gasteiger partial charge in [0.2, 0.25) is 5.13 Å². The van der Waals surface area contributed by atoms with Gasteiger partial charge in [-0.2, -0.15) is 0 Å². The number of nitrogens with zero attached hydrogens (tertiary/aromatic N) is 2. The number of hydrogen-bond acceptors (Lipinski definition) is 5. The Labute approximate surface area is 148 Å². The van der Waals surface area contributed by atoms with E-state index >= 15 is 0 Å². The normalized spacial score (nSPS) is 10.9. The third kappa shape index (κ3) is 6.92. The smallest absolute Gasteiger partial charge is 0.206 e. The Hall–Kier alpha value is -1.07. The summed E-state index contributed by atoms with van der Waals surface area (Å²) in [6, 6.07) is 8.51. The molecule has 0 aliphatic rings. The second kappa shape index (κ2) is 10.7. The SMILES string of the molecule is CCCCCCCCNc1nnc(SCc2ccccc2C)s1. The zero-order valence-corrected chi connectivity index (χ0v) is 15.8. The number of rotatable bonds is 11. The molecule has 2 rings (SSSR count). The molecule has 0 spiro atoms. The molecule has 0 fully saturated rings. The average Bonchev–Trinajstić information content (AvgIpc) is 3.01. The Kier molecular flexibility index (Phi) is 8.47. The summed E-state index contributed by atoms with van der Waals surface area (Å²) in [5.74, 6) is 0.957. The molecule has 1 heterocycles. The van der Waals surface area contributed by atoms with Crippen LogP contribution in [0.25, 0.3) is 0 Å². The van der Waals surface area contributed by atoms with Crippen molar-refractivity contribution in [2.45, 2.75) is 62.5 Å². The van der Waals surface area contributed by atoms with E-state index in [2.05, 4.69) is 53.6 Å². The topological polar surface area (TPSA) is 37.8 Å². The maximum Gasteiger partial charge on any atom is 0.206 e. The van der Waals surface area contributed by atoms with Crippen LogP contribution in [0.4, 0.5) is 5.13 Å². The molecule has 0 bridgehead atoms. The first-order chi connectivity index (χ1) is 11.3. The summed E-state index contributed by atoms with van der Waals surface area (Å²) >= 11 is 3.43. The Morgan fingerprint density at radius 3 is 2.65 bits per heavy atom. The fraction of sp³-hybridized carbons (Fsp3) is 0.556. The Morgan fingerprint density at radius 1 is 1.04 bits per heavy atom. The van der Waals surface area contributed by atoms with Gasteiger partial charge in [-0.3, -0.25) is 0 Å². The zero-order valence-electron chi connectivity index (χ0n) is 14.2. The van der Waals surface area contributed by atoms with Crippen LogP contribution in [0.5, 0.6) is 0 Å². The first-order valence-electron chi connectivity index (χ1n) is 8.54. The summed E-state index contributed by atoms with van der Waals surface area (Å²) in [5, 5.41) is 12.9. The van der Waals surface area contributed by atoms with Gasteiger partial charge in [0.05, 0.1) is 0 Å². The molecule has 2 aromatic rings. The minimum Gasteiger partial charge on any atom is -0.360 e. The van der Waals surface area contributed by atoms with Gasteiger partial charge in [0.1, 0.15) is 0 Å². The van der Waals surface area contributed by atoms with Crippen molar-refractivity contribution in [1.82, 2.24) is 10.2 Å². The van der Waals surface area contributed by atoms with Gasteiger partial charge in [0, 0.05) is 12.3 Å². The molecular weight excluding hydrogens is 322 g/mol. The van der Waals surface area contributed by atoms with E-state index in [1.165, 1.54) is 49.7 Å². The van der Waals surface area contributed by atoms with Crippen molar-refractivity contribution >= 4 is 28.2 Å². The highest BCUT2D eigenvalue weighted by molar-refractivity contribution is 8.00. The molecule has 0 unspecified atom stereocenters. The van der Waals surface area contributed by atoms with Gasteiger partial charge in [-0.05, 0) is 24.5 Å². The molecule has 126 valence electrons. The fourth-order valence-corrected chi connectivity index (χ4v) is 4.21. The largest absolute Gasteiger partial charge is 0.360 e. The van der Waals surface area contributed by atoms with Crippen molar-refractivity contribution in [2.75, 3.05) is 11.9 Å². The number of aromatic nitrogens is 2. The van der Waals surface area contributed by atoms with Crippen LogP contribution in [0.1, 0.15) is 56.6 Å². The summed E-state index contributed by atoms with van der Waals surface area (Å²) in [5.41, 5.74) is 2.71. The molecule has 0 saturated heterocycles. The van der Waals surface area contributed by atoms with Crippen molar-refractivity contribution in [2.24, 2.45) is 0 Å². The van der Waals surface area contributed by atoms with E-state index in [4.69, 9.17) is 0 Å². The molecule has 0 atom stereocenters. The van der Waals surface area contributed by atoms with Crippen LogP contribution in [-0.4, -0.2) is 16.7 Å². The quantitative estimate of drug-likeness (QED) is 0.404. The second-order valence-corrected chi connectivity index (χ2v) is 7.98. The lowest BCUT2D eigenvalue weighted by molar-refractivity contribution is 0.617. The molecule has 3 nitrogen and oxygen atoms in total. The molecule has 0 aliphatic carbocycles. The van der Waals surface area contributed by atoms with Gasteiger partial charge in [-0.15, -0.1) is 10.2 Å². The van der Waals surface area contributed by atoms with Crippen molar-refractivity contribution < 1.29 is 0 Å². The predicted molar refractivity (Wildman–Crippen MR) is 103 cm³/mol. The van der Waals surface area contributed by atoms with Crippen LogP contribution < -0.4 is 5.32 Å². The molecule has 1 aromatic carbocycles. The van der Waals surface area contributed by atoms with E-state index < -0.39 is 0 Å². The lowest BCUT2D eigenvalue weighted by Gasteiger charge is -2.02. The molecule has 23 heavy (non-hydrogen) atoms. The Balaban J connectivity index is 1.64. The number of hydrogen-bond donors (Lipinski definition) is 1. The fourth-order valence-electron chi connectivity index (χ4n) is 2.35. The first kappa shape index (κ1) is 18.3. The van der Waals surface area contributed by atoms with Crippen LogP contribution in [0.2, 0.25) is 0 Å². The van der Waals surface area contributed by atoms with Crippen molar-refractivity contribution in [1.29, 1.82) is 0 Å². The van der Waals surface area contributed by atoms with Crippen LogP contribution >= 0.6 is 23.1 Å². The minimum absolute atomic E-state index is 0.950. The third-order valence-corrected chi connectivity index (χ3v) is 5.89. The number of aryl methyl sites for hydroxylation is 1. The van der Waals surface area contributed by atoms with Crippen LogP contribution in [0.15, 0.2) is 28.6 Å². The maximum absolute atomic E-state index is 4.27. The number of nitrogens with one attached hydrogen (secondary N) is 1. The minimum atomic E-state index is 0.950. The molecule has 1 N–H and O–H groups in total. The summed E-state index contributed by atoms with van der Waals surface area (Å²) in [7, 11) is 0. The van der Waals surface area contributed by atoms with Gasteiger partial charge in [0.15, 0.2) is 4.34 Å². The highest BCUT2D eigenvalue weighted by Gasteiger charge is 2.05. The number of thioether (sulfide) groups is 1. The van der Waals surface area contributed by atoms with Gasteiger partial charge in [-0.1, -0.05) is 86.4 Å². The maximum atomic E-state index is 4.27. The van der Waals surface area contributed by atoms with E-state index in [1.54, 1.807) is 23.1 Å². The van der Waals surface area contributed by atoms with Gasteiger partial charge in [0.25, 0.3) is 0 Å². The lowest BCUT2D eigenvalue weighted by Crippen LogP contribution is -2.00. The summed E-state index contributed by atoms with van der Waals surface area (Å²) in [6.45, 7) is 5.42. The standard InChI is InChI=1S/C18H27N3S2/c1-3-4-5-6-7-10-13-19-17-20-21-18(23-17)22-14-16-12-9-8-11-15(16)2/h8-9,11-12H,3-7,10,13-14H2,1-2H3,(H,19,20). The van der Waals surface area contributed by atoms with Crippen LogP contribution in [0.3, 0.4) is 0 Å². The summed E-state index contributed by atoms with van der Waals surface area (Å²) < 4.78 is 1.04. The van der Waals surface area contributed by atoms with Crippen LogP contribution in [-0.2, 0) is 5.75 Å². The van der Waals surface area contributed by atoms with Gasteiger partial charge in [-0.25, -0.2) is 0 Å². The van der Waals surface area contributed by atoms with Crippen molar-refractivity contribution in [3.8, 4) is 0 Å². The Bertz CT molecular complexity index is 569. The lowest BCUT2D eigenvalue weighted by atomic mass is 10.1. The van der Waals surface area contributed by atoms with Gasteiger partial charge < -0.3 is 5.32 Å². The molecular formula is C18H27N3S2. The first-order valence-corrected chi connectivity index (χ1v) is 10.3. The van der Waals surface area contributed by atoms with E-state index in [-0.39, 0.29) is 0 Å². The molecule has 1 aromatic heterocycles. The second-order valence-electron chi connectivity index (χ2n) is 5.78. The average molecular weight is 350 g/mol. The van der Waals surface area contributed by atoms with E-state index in [0.717, 1.165) is 21.8 Å². The predicted octanol–water partition coefficient (Wildman–Crippen LogP) is 5.91. The molecule has 5 heteroatoms. The number of benzene rings is 1. The van der Waals surface area contributed by atoms with Gasteiger partial charge >= 0.3 is 0 Å². The van der Waals surface area contributed by atoms with E-state index in [1.807, 2.05) is 0 Å². The highest BCUT2D eigenvalue weighted by Crippen LogP contribution is 2.29. The van der Waals surface area contributed by atoms with E-state index in [9.17, 15) is 0 Å². The molecule has 0 aliphatic heterocycles. The summed E-state index contributed by atoms with van der Waals surface area (Å²) in [6.07, 6.45) is 7.92. The summed E-state index contributed by atoms with van der Waals surface area (Å²) in [4.78, 5) is 0. The number of anilines is 1. The number of unbranched alkanes of at least 4 members (excludes halogenated alkanes) is 5. The van der Waals surface area contributed by atoms with E-state index in [0.29, 0.717) is 0 Å². The Morgan fingerprint density at radius 2 is 1.83 bits per heavy atom. The molecule has 0 saturated carbocycles. The zero-order chi connectivity index (χ0) is 16.3. The van der Waals surface area contributed by atoms with Crippen LogP contribution in [0, 0.1) is 6.92 Å². The van der Waals surface area contributed by atoms with Crippen molar-refractivity contribution in [3.63, 3.8) is 0 Å². The highest BCUT2D eigenvalue weighted by atomic mass is 32.2. The molecule has 0 radical (unpaired) electrons.